The van der Waals surface area contributed by atoms with Crippen LogP contribution in [0.25, 0.3) is 0 Å². The van der Waals surface area contributed by atoms with E-state index in [-0.39, 0.29) is 24.3 Å². The molecule has 224 valence electrons. The van der Waals surface area contributed by atoms with E-state index in [2.05, 4.69) is 45.0 Å². The largest absolute Gasteiger partial charge is 0.484 e. The van der Waals surface area contributed by atoms with Crippen LogP contribution in [0, 0.1) is 11.3 Å². The minimum atomic E-state index is -0.815. The number of carbonyl (C=O) groups excluding carboxylic acids is 2. The first kappa shape index (κ1) is 33.8. The number of nitrogens with zero attached hydrogens (tertiary/aromatic N) is 2. The third-order valence-electron chi connectivity index (χ3n) is 7.87. The van der Waals surface area contributed by atoms with Crippen LogP contribution in [0.15, 0.2) is 66.7 Å². The summed E-state index contributed by atoms with van der Waals surface area (Å²) in [7, 11) is 1.79. The lowest BCUT2D eigenvalue weighted by atomic mass is 9.74. The molecule has 6 heteroatoms. The second-order valence-electron chi connectivity index (χ2n) is 10.9. The van der Waals surface area contributed by atoms with Gasteiger partial charge in [-0.15, -0.1) is 0 Å². The summed E-state index contributed by atoms with van der Waals surface area (Å²) in [5.74, 6) is 0.685. The molecule has 6 nitrogen and oxygen atoms in total. The van der Waals surface area contributed by atoms with Gasteiger partial charge in [0.25, 0.3) is 5.91 Å². The number of ether oxygens (including phenoxy) is 1. The number of hydrogen-bond acceptors (Lipinski definition) is 4. The molecule has 0 radical (unpaired) electrons. The van der Waals surface area contributed by atoms with Crippen molar-refractivity contribution in [2.45, 2.75) is 84.5 Å². The average molecular weight is 562 g/mol. The Labute approximate surface area is 248 Å². The highest BCUT2D eigenvalue weighted by atomic mass is 16.5. The van der Waals surface area contributed by atoms with Gasteiger partial charge in [0.2, 0.25) is 5.91 Å². The number of hydrogen-bond donors (Lipinski definition) is 1. The Kier molecular flexibility index (Phi) is 14.9. The van der Waals surface area contributed by atoms with Gasteiger partial charge in [-0.1, -0.05) is 101 Å². The monoisotopic (exact) mass is 561 g/mol. The van der Waals surface area contributed by atoms with Crippen molar-refractivity contribution in [1.29, 1.82) is 5.41 Å². The van der Waals surface area contributed by atoms with E-state index >= 15 is 0 Å². The van der Waals surface area contributed by atoms with Crippen molar-refractivity contribution in [2.75, 3.05) is 26.7 Å². The molecule has 2 rings (SSSR count). The number of likely N-dealkylation sites (N-methyl/N-ethyl adjacent to an activating group) is 1. The van der Waals surface area contributed by atoms with Crippen molar-refractivity contribution in [3.8, 4) is 5.75 Å². The average Bonchev–Trinajstić information content (AvgIpc) is 3.01. The highest BCUT2D eigenvalue weighted by Gasteiger charge is 2.40. The van der Waals surface area contributed by atoms with Crippen molar-refractivity contribution < 1.29 is 14.3 Å². The van der Waals surface area contributed by atoms with E-state index in [1.807, 2.05) is 49.4 Å². The summed E-state index contributed by atoms with van der Waals surface area (Å²) in [6, 6.07) is 17.8. The number of aryl methyl sites for hydroxylation is 1. The molecule has 0 spiro atoms. The number of para-hydroxylation sites is 1. The van der Waals surface area contributed by atoms with Crippen molar-refractivity contribution in [3.05, 3.63) is 77.9 Å². The summed E-state index contributed by atoms with van der Waals surface area (Å²) < 4.78 is 5.62. The number of carbonyl (C=O) groups is 2. The molecule has 2 aromatic rings. The molecule has 0 heterocycles. The molecule has 0 aliphatic rings. The predicted octanol–water partition coefficient (Wildman–Crippen LogP) is 7.42. The molecular formula is C35H51N3O3. The summed E-state index contributed by atoms with van der Waals surface area (Å²) in [5.41, 5.74) is 1.44. The quantitative estimate of drug-likeness (QED) is 0.110. The van der Waals surface area contributed by atoms with Gasteiger partial charge in [-0.25, -0.2) is 0 Å². The fourth-order valence-corrected chi connectivity index (χ4v) is 5.18. The Morgan fingerprint density at radius 1 is 1.02 bits per heavy atom. The van der Waals surface area contributed by atoms with Gasteiger partial charge in [0.1, 0.15) is 5.75 Å². The van der Waals surface area contributed by atoms with Crippen molar-refractivity contribution in [3.63, 3.8) is 0 Å². The van der Waals surface area contributed by atoms with E-state index < -0.39 is 5.41 Å². The highest BCUT2D eigenvalue weighted by Crippen LogP contribution is 2.35. The second kappa shape index (κ2) is 18.1. The van der Waals surface area contributed by atoms with Crippen LogP contribution in [-0.2, 0) is 21.4 Å². The van der Waals surface area contributed by atoms with Gasteiger partial charge in [-0.05, 0) is 61.8 Å². The third-order valence-corrected chi connectivity index (χ3v) is 7.87. The molecule has 41 heavy (non-hydrogen) atoms. The molecule has 2 atom stereocenters. The number of unbranched alkanes of at least 4 members (excludes halogenated alkanes) is 2. The maximum atomic E-state index is 14.4. The summed E-state index contributed by atoms with van der Waals surface area (Å²) in [6.45, 7) is 9.40. The fourth-order valence-electron chi connectivity index (χ4n) is 5.18. The molecule has 0 aromatic heterocycles. The highest BCUT2D eigenvalue weighted by molar-refractivity contribution is 5.97. The molecule has 0 aliphatic heterocycles. The van der Waals surface area contributed by atoms with E-state index in [1.165, 1.54) is 11.9 Å². The maximum absolute atomic E-state index is 14.4. The van der Waals surface area contributed by atoms with Gasteiger partial charge in [0.15, 0.2) is 6.61 Å². The van der Waals surface area contributed by atoms with Crippen molar-refractivity contribution in [2.24, 2.45) is 5.92 Å². The smallest absolute Gasteiger partial charge is 0.260 e. The van der Waals surface area contributed by atoms with Crippen LogP contribution in [-0.4, -0.2) is 54.7 Å². The molecule has 2 aromatic carbocycles. The minimum Gasteiger partial charge on any atom is -0.484 e. The number of nitrogens with one attached hydrogen (secondary N) is 1. The van der Waals surface area contributed by atoms with Crippen molar-refractivity contribution in [1.82, 2.24) is 9.80 Å². The first-order valence-electron chi connectivity index (χ1n) is 15.3. The van der Waals surface area contributed by atoms with Crippen LogP contribution >= 0.6 is 0 Å². The predicted molar refractivity (Wildman–Crippen MR) is 170 cm³/mol. The molecule has 0 saturated carbocycles. The topological polar surface area (TPSA) is 73.7 Å². The van der Waals surface area contributed by atoms with Gasteiger partial charge in [-0.3, -0.25) is 15.0 Å². The Hall–Kier alpha value is -3.41. The number of rotatable bonds is 19. The molecular weight excluding hydrogens is 510 g/mol. The summed E-state index contributed by atoms with van der Waals surface area (Å²) >= 11 is 0. The Morgan fingerprint density at radius 3 is 2.39 bits per heavy atom. The lowest BCUT2D eigenvalue weighted by molar-refractivity contribution is -0.133. The first-order valence-corrected chi connectivity index (χ1v) is 15.3. The van der Waals surface area contributed by atoms with E-state index in [4.69, 9.17) is 10.1 Å². The van der Waals surface area contributed by atoms with Gasteiger partial charge in [0.05, 0.1) is 11.8 Å². The fraction of sp³-hybridized carbons (Fsp3) is 0.514. The van der Waals surface area contributed by atoms with E-state index in [0.717, 1.165) is 50.5 Å². The van der Waals surface area contributed by atoms with Crippen LogP contribution in [0.4, 0.5) is 0 Å². The molecule has 1 N–H and O–H groups in total. The zero-order valence-electron chi connectivity index (χ0n) is 25.9. The second-order valence-corrected chi connectivity index (χ2v) is 10.9. The summed E-state index contributed by atoms with van der Waals surface area (Å²) in [6.07, 6.45) is 12.6. The molecule has 2 unspecified atom stereocenters. The van der Waals surface area contributed by atoms with Crippen LogP contribution in [0.3, 0.4) is 0 Å². The standard InChI is InChI=1S/C35H51N3O3/c1-6-10-16-30-17-15-18-31(25-30)35(22-8-3,23-11-7-2)34(40)38(28-36)26-29(9-4)21-24-37(5)33(39)27-41-32-19-13-12-14-20-32/h8,12-15,17-20,22,25,28-29,36H,6-7,9-11,16,21,23-24,26-27H2,1-5H3/b22-8-,36-28?. The van der Waals surface area contributed by atoms with Gasteiger partial charge >= 0.3 is 0 Å². The summed E-state index contributed by atoms with van der Waals surface area (Å²) in [4.78, 5) is 30.3. The summed E-state index contributed by atoms with van der Waals surface area (Å²) in [5, 5.41) is 8.24. The minimum absolute atomic E-state index is 0.0109. The Morgan fingerprint density at radius 2 is 1.76 bits per heavy atom. The molecule has 0 bridgehead atoms. The molecule has 0 saturated heterocycles. The molecule has 2 amide bonds. The normalized spacial score (nSPS) is 13.4. The number of allylic oxidation sites excluding steroid dienone is 1. The first-order chi connectivity index (χ1) is 19.8. The van der Waals surface area contributed by atoms with E-state index in [9.17, 15) is 9.59 Å². The Balaban J connectivity index is 2.17. The van der Waals surface area contributed by atoms with Gasteiger partial charge in [0, 0.05) is 20.1 Å². The van der Waals surface area contributed by atoms with Gasteiger partial charge in [-0.2, -0.15) is 0 Å². The lowest BCUT2D eigenvalue weighted by Gasteiger charge is -2.36. The maximum Gasteiger partial charge on any atom is 0.260 e. The lowest BCUT2D eigenvalue weighted by Crippen LogP contribution is -2.47. The SMILES string of the molecule is C/C=C\C(CCCC)(C(=O)N(C=N)CC(CC)CCN(C)C(=O)COc1ccccc1)c1cccc(CCCC)c1. The Bertz CT molecular complexity index is 1100. The molecule has 0 aliphatic carbocycles. The van der Waals surface area contributed by atoms with Crippen molar-refractivity contribution >= 4 is 18.2 Å². The van der Waals surface area contributed by atoms with Crippen LogP contribution in [0.1, 0.15) is 83.8 Å². The van der Waals surface area contributed by atoms with E-state index in [1.54, 1.807) is 16.8 Å². The zero-order chi connectivity index (χ0) is 30.1. The van der Waals surface area contributed by atoms with Crippen LogP contribution in [0.2, 0.25) is 0 Å². The number of benzene rings is 2. The van der Waals surface area contributed by atoms with Gasteiger partial charge < -0.3 is 14.5 Å². The van der Waals surface area contributed by atoms with Crippen LogP contribution in [0.5, 0.6) is 5.75 Å². The zero-order valence-corrected chi connectivity index (χ0v) is 25.9. The molecule has 0 fully saturated rings. The van der Waals surface area contributed by atoms with Crippen LogP contribution < -0.4 is 4.74 Å². The van der Waals surface area contributed by atoms with E-state index in [0.29, 0.717) is 25.3 Å². The third kappa shape index (κ3) is 10.2. The number of amides is 2.